The molecule has 0 aliphatic carbocycles. The molecule has 0 aliphatic rings. The second-order valence-electron chi connectivity index (χ2n) is 3.46. The Hall–Kier alpha value is -2.16. The number of carbonyl (C=O) groups is 1. The van der Waals surface area contributed by atoms with Crippen LogP contribution in [0, 0.1) is 11.3 Å². The molecule has 18 heavy (non-hydrogen) atoms. The number of nitrogens with zero attached hydrogens (tertiary/aromatic N) is 1. The summed E-state index contributed by atoms with van der Waals surface area (Å²) in [5.74, 6) is -1.19. The predicted molar refractivity (Wildman–Crippen MR) is 58.1 cm³/mol. The minimum atomic E-state index is -2.84. The molecule has 1 aromatic carbocycles. The van der Waals surface area contributed by atoms with Gasteiger partial charge in [0.2, 0.25) is 0 Å². The van der Waals surface area contributed by atoms with Crippen LogP contribution in [0.4, 0.5) is 8.78 Å². The average Bonchev–Trinajstić information content (AvgIpc) is 2.30. The zero-order valence-corrected chi connectivity index (χ0v) is 9.61. The number of halogens is 2. The molecule has 1 aromatic rings. The van der Waals surface area contributed by atoms with Crippen molar-refractivity contribution in [2.75, 3.05) is 6.61 Å². The molecule has 0 heterocycles. The number of esters is 1. The molecule has 0 amide bonds. The molecule has 0 aliphatic heterocycles. The summed E-state index contributed by atoms with van der Waals surface area (Å²) in [6.07, 6.45) is -3.20. The molecule has 0 aromatic heterocycles. The summed E-state index contributed by atoms with van der Waals surface area (Å²) in [5, 5.41) is 18.0. The van der Waals surface area contributed by atoms with Crippen molar-refractivity contribution < 1.29 is 23.4 Å². The third-order valence-electron chi connectivity index (χ3n) is 2.25. The number of aromatic hydroxyl groups is 1. The Morgan fingerprint density at radius 1 is 1.56 bits per heavy atom. The molecule has 96 valence electrons. The Morgan fingerprint density at radius 3 is 2.72 bits per heavy atom. The minimum Gasteiger partial charge on any atom is -0.507 e. The Bertz CT molecular complexity index is 495. The number of hydrogen-bond acceptors (Lipinski definition) is 4. The molecule has 0 saturated heterocycles. The fourth-order valence-corrected chi connectivity index (χ4v) is 1.46. The van der Waals surface area contributed by atoms with Gasteiger partial charge in [0.25, 0.3) is 6.43 Å². The van der Waals surface area contributed by atoms with Gasteiger partial charge in [-0.2, -0.15) is 5.26 Å². The molecule has 6 heteroatoms. The summed E-state index contributed by atoms with van der Waals surface area (Å²) in [4.78, 5) is 11.3. The second kappa shape index (κ2) is 5.96. The van der Waals surface area contributed by atoms with Crippen molar-refractivity contribution in [3.8, 4) is 11.8 Å². The molecule has 4 nitrogen and oxygen atoms in total. The van der Waals surface area contributed by atoms with Crippen molar-refractivity contribution in [2.45, 2.75) is 19.8 Å². The number of alkyl halides is 2. The normalized spacial score (nSPS) is 10.2. The first-order chi connectivity index (χ1) is 8.49. The van der Waals surface area contributed by atoms with Gasteiger partial charge in [-0.15, -0.1) is 0 Å². The van der Waals surface area contributed by atoms with Gasteiger partial charge in [-0.05, 0) is 24.6 Å². The van der Waals surface area contributed by atoms with E-state index in [1.807, 2.05) is 0 Å². The summed E-state index contributed by atoms with van der Waals surface area (Å²) in [5.41, 5.74) is -0.643. The van der Waals surface area contributed by atoms with Crippen molar-refractivity contribution >= 4 is 5.97 Å². The molecule has 0 bridgehead atoms. The molecule has 1 rings (SSSR count). The van der Waals surface area contributed by atoms with Gasteiger partial charge in [0.05, 0.1) is 18.6 Å². The highest BCUT2D eigenvalue weighted by atomic mass is 19.3. The lowest BCUT2D eigenvalue weighted by atomic mass is 10.0. The van der Waals surface area contributed by atoms with Crippen LogP contribution in [0.1, 0.15) is 30.0 Å². The Morgan fingerprint density at radius 2 is 2.22 bits per heavy atom. The smallest absolute Gasteiger partial charge is 0.310 e. The summed E-state index contributed by atoms with van der Waals surface area (Å²) < 4.78 is 30.1. The van der Waals surface area contributed by atoms with Crippen LogP contribution in [-0.4, -0.2) is 17.7 Å². The molecule has 0 saturated carbocycles. The van der Waals surface area contributed by atoms with E-state index in [0.717, 1.165) is 12.1 Å². The highest BCUT2D eigenvalue weighted by molar-refractivity contribution is 5.73. The lowest BCUT2D eigenvalue weighted by Crippen LogP contribution is -2.10. The topological polar surface area (TPSA) is 70.3 Å². The van der Waals surface area contributed by atoms with Crippen molar-refractivity contribution in [3.05, 3.63) is 28.8 Å². The fraction of sp³-hybridized carbons (Fsp3) is 0.333. The van der Waals surface area contributed by atoms with Gasteiger partial charge in [-0.1, -0.05) is 0 Å². The van der Waals surface area contributed by atoms with Gasteiger partial charge >= 0.3 is 5.97 Å². The largest absolute Gasteiger partial charge is 0.507 e. The van der Waals surface area contributed by atoms with Crippen molar-refractivity contribution in [1.29, 1.82) is 5.26 Å². The summed E-state index contributed by atoms with van der Waals surface area (Å²) in [6, 6.07) is 3.54. The molecular weight excluding hydrogens is 244 g/mol. The second-order valence-corrected chi connectivity index (χ2v) is 3.46. The number of phenolic OH excluding ortho intramolecular Hbond substituents is 1. The summed E-state index contributed by atoms with van der Waals surface area (Å²) in [6.45, 7) is 1.75. The van der Waals surface area contributed by atoms with Crippen molar-refractivity contribution in [1.82, 2.24) is 0 Å². The highest BCUT2D eigenvalue weighted by Crippen LogP contribution is 2.29. The highest BCUT2D eigenvalue weighted by Gasteiger charge is 2.19. The van der Waals surface area contributed by atoms with Crippen LogP contribution in [0.25, 0.3) is 0 Å². The molecule has 0 spiro atoms. The van der Waals surface area contributed by atoms with E-state index >= 15 is 0 Å². The van der Waals surface area contributed by atoms with E-state index in [2.05, 4.69) is 4.74 Å². The summed E-state index contributed by atoms with van der Waals surface area (Å²) in [7, 11) is 0. The number of rotatable bonds is 4. The predicted octanol–water partition coefficient (Wildman–Crippen LogP) is 2.31. The van der Waals surface area contributed by atoms with Gasteiger partial charge < -0.3 is 9.84 Å². The van der Waals surface area contributed by atoms with Gasteiger partial charge in [-0.25, -0.2) is 8.78 Å². The van der Waals surface area contributed by atoms with Crippen LogP contribution < -0.4 is 0 Å². The molecular formula is C12H11F2NO3. The van der Waals surface area contributed by atoms with Gasteiger partial charge in [0.15, 0.2) is 0 Å². The number of benzene rings is 1. The maximum Gasteiger partial charge on any atom is 0.310 e. The maximum atomic E-state index is 12.7. The third-order valence-corrected chi connectivity index (χ3v) is 2.25. The molecule has 0 radical (unpaired) electrons. The van der Waals surface area contributed by atoms with E-state index in [1.165, 1.54) is 0 Å². The molecule has 0 atom stereocenters. The van der Waals surface area contributed by atoms with Crippen LogP contribution in [0.15, 0.2) is 12.1 Å². The van der Waals surface area contributed by atoms with E-state index in [-0.39, 0.29) is 24.2 Å². The van der Waals surface area contributed by atoms with Gasteiger partial charge in [0, 0.05) is 5.56 Å². The summed E-state index contributed by atoms with van der Waals surface area (Å²) >= 11 is 0. The lowest BCUT2D eigenvalue weighted by Gasteiger charge is -2.10. The molecule has 1 N–H and O–H groups in total. The first-order valence-corrected chi connectivity index (χ1v) is 5.19. The molecule has 0 unspecified atom stereocenters. The van der Waals surface area contributed by atoms with E-state index in [0.29, 0.717) is 0 Å². The Kier molecular flexibility index (Phi) is 4.60. The van der Waals surface area contributed by atoms with E-state index in [4.69, 9.17) is 5.26 Å². The molecule has 0 fully saturated rings. The van der Waals surface area contributed by atoms with Crippen LogP contribution in [0.5, 0.6) is 5.75 Å². The zero-order valence-electron chi connectivity index (χ0n) is 9.61. The maximum absolute atomic E-state index is 12.7. The minimum absolute atomic E-state index is 0.0159. The van der Waals surface area contributed by atoms with Crippen LogP contribution in [0.2, 0.25) is 0 Å². The van der Waals surface area contributed by atoms with Crippen molar-refractivity contribution in [2.24, 2.45) is 0 Å². The van der Waals surface area contributed by atoms with Gasteiger partial charge in [0.1, 0.15) is 11.8 Å². The zero-order chi connectivity index (χ0) is 13.7. The van der Waals surface area contributed by atoms with Gasteiger partial charge in [-0.3, -0.25) is 4.79 Å². The average molecular weight is 255 g/mol. The monoisotopic (exact) mass is 255 g/mol. The Labute approximate surface area is 102 Å². The first-order valence-electron chi connectivity index (χ1n) is 5.19. The van der Waals surface area contributed by atoms with Crippen LogP contribution in [-0.2, 0) is 16.0 Å². The number of carbonyl (C=O) groups excluding carboxylic acids is 1. The van der Waals surface area contributed by atoms with Crippen molar-refractivity contribution in [3.63, 3.8) is 0 Å². The lowest BCUT2D eigenvalue weighted by molar-refractivity contribution is -0.142. The van der Waals surface area contributed by atoms with E-state index < -0.39 is 23.7 Å². The fourth-order valence-electron chi connectivity index (χ4n) is 1.46. The SMILES string of the molecule is CCOC(=O)Cc1cc(C#N)c(O)cc1C(F)F. The Balaban J connectivity index is 3.15. The first kappa shape index (κ1) is 13.9. The number of hydrogen-bond donors (Lipinski definition) is 1. The van der Waals surface area contributed by atoms with E-state index in [1.54, 1.807) is 13.0 Å². The number of nitriles is 1. The number of phenols is 1. The van der Waals surface area contributed by atoms with Crippen LogP contribution in [0.3, 0.4) is 0 Å². The number of ether oxygens (including phenoxy) is 1. The standard InChI is InChI=1S/C12H11F2NO3/c1-2-18-11(17)4-7-3-8(6-15)10(16)5-9(7)12(13)14/h3,5,12,16H,2,4H2,1H3. The third kappa shape index (κ3) is 3.17. The van der Waals surface area contributed by atoms with E-state index in [9.17, 15) is 18.7 Å². The van der Waals surface area contributed by atoms with Crippen LogP contribution >= 0.6 is 0 Å². The quantitative estimate of drug-likeness (QED) is 0.838.